The van der Waals surface area contributed by atoms with E-state index in [1.165, 1.54) is 28.0 Å². The summed E-state index contributed by atoms with van der Waals surface area (Å²) in [5, 5.41) is 6.95. The van der Waals surface area contributed by atoms with Crippen LogP contribution in [0.3, 0.4) is 0 Å². The molecule has 6 heteroatoms. The molecule has 52 heavy (non-hydrogen) atoms. The molecule has 0 aliphatic heterocycles. The van der Waals surface area contributed by atoms with E-state index in [1.54, 1.807) is 6.20 Å². The van der Waals surface area contributed by atoms with Crippen LogP contribution in [0.25, 0.3) is 22.3 Å². The minimum Gasteiger partial charge on any atom is -0.350 e. The number of hydrogen-bond donors (Lipinski definition) is 2. The molecule has 258 valence electrons. The molecule has 1 amide bonds. The summed E-state index contributed by atoms with van der Waals surface area (Å²) in [6.45, 7) is 5.00. The molecule has 2 heterocycles. The molecule has 7 rings (SSSR count). The standard InChI is InChI=1S/C46H41FN3OP/c1-33(2)45(52(38-19-9-4-10-20-38,39-21-11-5-12-22-39)40-23-13-6-14-24-40)43-41(36-25-27-37(47)28-26-36)42(35-17-7-3-8-18-35)44(50-43)46(51)49-31-29-34-16-15-30-48-32-34/h3-28,30,32-33,45H,29,31H2,1-2H3,(H-,49,50,51)/p+1. The number of carbonyl (C=O) groups is 1. The van der Waals surface area contributed by atoms with Crippen LogP contribution in [-0.4, -0.2) is 22.4 Å². The highest BCUT2D eigenvalue weighted by Gasteiger charge is 2.56. The molecular weight excluding hydrogens is 660 g/mol. The number of rotatable bonds is 12. The Morgan fingerprint density at radius 1 is 0.673 bits per heavy atom. The van der Waals surface area contributed by atoms with Crippen LogP contribution in [0, 0.1) is 11.7 Å². The summed E-state index contributed by atoms with van der Waals surface area (Å²) in [6.07, 6.45) is 4.23. The van der Waals surface area contributed by atoms with E-state index in [-0.39, 0.29) is 23.3 Å². The Kier molecular flexibility index (Phi) is 10.5. The van der Waals surface area contributed by atoms with Gasteiger partial charge in [0.1, 0.15) is 40.3 Å². The van der Waals surface area contributed by atoms with Gasteiger partial charge >= 0.3 is 0 Å². The van der Waals surface area contributed by atoms with Crippen LogP contribution >= 0.6 is 7.26 Å². The van der Waals surface area contributed by atoms with Gasteiger partial charge in [0.05, 0.1) is 5.69 Å². The molecule has 0 saturated carbocycles. The van der Waals surface area contributed by atoms with Crippen molar-refractivity contribution in [2.75, 3.05) is 6.54 Å². The van der Waals surface area contributed by atoms with E-state index in [2.05, 4.69) is 120 Å². The zero-order valence-corrected chi connectivity index (χ0v) is 30.3. The maximum absolute atomic E-state index is 14.6. The van der Waals surface area contributed by atoms with Crippen molar-refractivity contribution in [2.24, 2.45) is 5.92 Å². The third kappa shape index (κ3) is 6.85. The molecule has 0 saturated heterocycles. The molecule has 0 aliphatic carbocycles. The number of aromatic nitrogens is 2. The molecule has 0 aliphatic rings. The number of halogens is 1. The van der Waals surface area contributed by atoms with Gasteiger partial charge in [-0.15, -0.1) is 0 Å². The fraction of sp³-hybridized carbons (Fsp3) is 0.130. The van der Waals surface area contributed by atoms with E-state index in [9.17, 15) is 9.18 Å². The third-order valence-corrected chi connectivity index (χ3v) is 14.7. The van der Waals surface area contributed by atoms with Crippen LogP contribution in [-0.2, 0) is 6.42 Å². The first-order chi connectivity index (χ1) is 25.5. The molecule has 0 fully saturated rings. The number of nitrogens with one attached hydrogen (secondary N) is 2. The zero-order chi connectivity index (χ0) is 35.9. The van der Waals surface area contributed by atoms with Crippen LogP contribution in [0.5, 0.6) is 0 Å². The zero-order valence-electron chi connectivity index (χ0n) is 29.4. The molecule has 4 nitrogen and oxygen atoms in total. The van der Waals surface area contributed by atoms with Gasteiger partial charge in [-0.3, -0.25) is 9.78 Å². The Morgan fingerprint density at radius 3 is 1.69 bits per heavy atom. The van der Waals surface area contributed by atoms with Crippen LogP contribution < -0.4 is 21.2 Å². The molecule has 0 radical (unpaired) electrons. The molecule has 1 unspecified atom stereocenters. The maximum atomic E-state index is 14.6. The minimum absolute atomic E-state index is 0.108. The van der Waals surface area contributed by atoms with E-state index in [4.69, 9.17) is 0 Å². The summed E-state index contributed by atoms with van der Waals surface area (Å²) >= 11 is 0. The lowest BCUT2D eigenvalue weighted by molar-refractivity contribution is 0.0950. The first-order valence-corrected chi connectivity index (χ1v) is 19.6. The number of hydrogen-bond acceptors (Lipinski definition) is 2. The Labute approximate surface area is 306 Å². The van der Waals surface area contributed by atoms with Crippen molar-refractivity contribution in [3.8, 4) is 22.3 Å². The monoisotopic (exact) mass is 702 g/mol. The second-order valence-electron chi connectivity index (χ2n) is 13.3. The molecule has 0 bridgehead atoms. The van der Waals surface area contributed by atoms with Crippen LogP contribution in [0.15, 0.2) is 170 Å². The second-order valence-corrected chi connectivity index (χ2v) is 16.9. The first kappa shape index (κ1) is 34.8. The van der Waals surface area contributed by atoms with Gasteiger partial charge in [-0.1, -0.05) is 117 Å². The highest BCUT2D eigenvalue weighted by molar-refractivity contribution is 7.96. The Bertz CT molecular complexity index is 2110. The lowest BCUT2D eigenvalue weighted by Crippen LogP contribution is -2.37. The highest BCUT2D eigenvalue weighted by atomic mass is 31.2. The van der Waals surface area contributed by atoms with Gasteiger partial charge in [0.25, 0.3) is 5.91 Å². The Morgan fingerprint density at radius 2 is 1.19 bits per heavy atom. The largest absolute Gasteiger partial charge is 0.350 e. The van der Waals surface area contributed by atoms with Crippen molar-refractivity contribution in [1.29, 1.82) is 0 Å². The number of pyridine rings is 1. The molecule has 2 N–H and O–H groups in total. The summed E-state index contributed by atoms with van der Waals surface area (Å²) in [4.78, 5) is 22.6. The van der Waals surface area contributed by atoms with Crippen molar-refractivity contribution in [3.63, 3.8) is 0 Å². The highest BCUT2D eigenvalue weighted by Crippen LogP contribution is 2.70. The van der Waals surface area contributed by atoms with E-state index in [0.717, 1.165) is 33.5 Å². The molecule has 7 aromatic rings. The fourth-order valence-corrected chi connectivity index (χ4v) is 12.8. The van der Waals surface area contributed by atoms with Crippen LogP contribution in [0.2, 0.25) is 0 Å². The van der Waals surface area contributed by atoms with Gasteiger partial charge in [0.2, 0.25) is 0 Å². The van der Waals surface area contributed by atoms with Gasteiger partial charge in [0, 0.05) is 30.1 Å². The van der Waals surface area contributed by atoms with E-state index in [1.807, 2.05) is 60.8 Å². The number of benzene rings is 5. The summed E-state index contributed by atoms with van der Waals surface area (Å²) in [7, 11) is -2.53. The van der Waals surface area contributed by atoms with Gasteiger partial charge in [-0.05, 0) is 83.6 Å². The number of carbonyl (C=O) groups excluding carboxylic acids is 1. The number of aromatic amines is 1. The molecular formula is C46H42FN3OP+. The van der Waals surface area contributed by atoms with Crippen LogP contribution in [0.1, 0.15) is 41.3 Å². The molecule has 0 spiro atoms. The van der Waals surface area contributed by atoms with E-state index >= 15 is 0 Å². The number of amides is 1. The van der Waals surface area contributed by atoms with E-state index < -0.39 is 7.26 Å². The molecule has 1 atom stereocenters. The van der Waals surface area contributed by atoms with Gasteiger partial charge in [-0.2, -0.15) is 0 Å². The number of H-pyrrole nitrogens is 1. The lowest BCUT2D eigenvalue weighted by Gasteiger charge is -2.37. The van der Waals surface area contributed by atoms with Crippen molar-refractivity contribution >= 4 is 29.1 Å². The van der Waals surface area contributed by atoms with Gasteiger partial charge in [0.15, 0.2) is 0 Å². The summed E-state index contributed by atoms with van der Waals surface area (Å²) in [5.41, 5.74) is 5.86. The van der Waals surface area contributed by atoms with Gasteiger partial charge < -0.3 is 10.3 Å². The summed E-state index contributed by atoms with van der Waals surface area (Å²) < 4.78 is 14.6. The quantitative estimate of drug-likeness (QED) is 0.125. The minimum atomic E-state index is -2.53. The lowest BCUT2D eigenvalue weighted by atomic mass is 9.92. The first-order valence-electron chi connectivity index (χ1n) is 17.8. The maximum Gasteiger partial charge on any atom is 0.268 e. The fourth-order valence-electron chi connectivity index (χ4n) is 7.57. The third-order valence-electron chi connectivity index (χ3n) is 9.71. The average molecular weight is 703 g/mol. The topological polar surface area (TPSA) is 57.8 Å². The smallest absolute Gasteiger partial charge is 0.268 e. The van der Waals surface area contributed by atoms with Gasteiger partial charge in [-0.25, -0.2) is 4.39 Å². The number of nitrogens with zero attached hydrogens (tertiary/aromatic N) is 1. The van der Waals surface area contributed by atoms with Crippen LogP contribution in [0.4, 0.5) is 4.39 Å². The Balaban J connectivity index is 1.54. The molecule has 5 aromatic carbocycles. The van der Waals surface area contributed by atoms with Crippen molar-refractivity contribution in [1.82, 2.24) is 15.3 Å². The predicted octanol–water partition coefficient (Wildman–Crippen LogP) is 9.55. The summed E-state index contributed by atoms with van der Waals surface area (Å²) in [5.74, 6) is -0.393. The normalized spacial score (nSPS) is 12.1. The molecule has 2 aromatic heterocycles. The van der Waals surface area contributed by atoms with Crippen molar-refractivity contribution < 1.29 is 9.18 Å². The summed E-state index contributed by atoms with van der Waals surface area (Å²) in [6, 6.07) is 53.2. The predicted molar refractivity (Wildman–Crippen MR) is 215 cm³/mol. The second kappa shape index (κ2) is 15.7. The SMILES string of the molecule is CC(C)C(c1[nH]c(C(=O)NCCc2cccnc2)c(-c2ccccc2)c1-c1ccc(F)cc1)[P+](c1ccccc1)(c1ccccc1)c1ccccc1. The van der Waals surface area contributed by atoms with Crippen molar-refractivity contribution in [3.05, 3.63) is 193 Å². The van der Waals surface area contributed by atoms with Crippen molar-refractivity contribution in [2.45, 2.75) is 25.9 Å². The Hall–Kier alpha value is -5.64. The van der Waals surface area contributed by atoms with E-state index in [0.29, 0.717) is 18.7 Å². The average Bonchev–Trinajstić information content (AvgIpc) is 3.58.